The van der Waals surface area contributed by atoms with Gasteiger partial charge in [0.15, 0.2) is 6.10 Å². The van der Waals surface area contributed by atoms with Gasteiger partial charge in [0.2, 0.25) is 0 Å². The summed E-state index contributed by atoms with van der Waals surface area (Å²) in [5, 5.41) is 2.81. The van der Waals surface area contributed by atoms with Crippen LogP contribution in [0.3, 0.4) is 0 Å². The number of hydrogen-bond donors (Lipinski definition) is 1. The van der Waals surface area contributed by atoms with Crippen LogP contribution in [0, 0.1) is 9.39 Å². The molecule has 1 amide bonds. The summed E-state index contributed by atoms with van der Waals surface area (Å²) in [6.07, 6.45) is -0.0946. The molecule has 0 spiro atoms. The van der Waals surface area contributed by atoms with Crippen LogP contribution in [0.5, 0.6) is 5.75 Å². The Morgan fingerprint density at radius 2 is 1.81 bits per heavy atom. The van der Waals surface area contributed by atoms with E-state index >= 15 is 0 Å². The van der Waals surface area contributed by atoms with E-state index in [2.05, 4.69) is 27.9 Å². The second-order valence-corrected chi connectivity index (χ2v) is 5.71. The molecular formula is C16H15FINO2. The van der Waals surface area contributed by atoms with E-state index in [9.17, 15) is 9.18 Å². The maximum Gasteiger partial charge on any atom is 0.265 e. The molecule has 5 heteroatoms. The number of carbonyl (C=O) groups excluding carboxylic acids is 1. The highest BCUT2D eigenvalue weighted by Gasteiger charge is 2.18. The van der Waals surface area contributed by atoms with E-state index in [1.54, 1.807) is 0 Å². The van der Waals surface area contributed by atoms with Crippen molar-refractivity contribution in [1.82, 2.24) is 0 Å². The van der Waals surface area contributed by atoms with E-state index < -0.39 is 6.10 Å². The molecule has 110 valence electrons. The molecule has 0 saturated carbocycles. The molecule has 0 aliphatic rings. The lowest BCUT2D eigenvalue weighted by molar-refractivity contribution is -0.122. The number of amides is 1. The quantitative estimate of drug-likeness (QED) is 0.765. The van der Waals surface area contributed by atoms with E-state index in [0.29, 0.717) is 12.2 Å². The molecule has 1 atom stereocenters. The normalized spacial score (nSPS) is 11.8. The van der Waals surface area contributed by atoms with Gasteiger partial charge in [0.25, 0.3) is 5.91 Å². The van der Waals surface area contributed by atoms with Gasteiger partial charge < -0.3 is 10.1 Å². The Morgan fingerprint density at radius 3 is 2.38 bits per heavy atom. The van der Waals surface area contributed by atoms with Gasteiger partial charge >= 0.3 is 0 Å². The average molecular weight is 399 g/mol. The molecule has 0 unspecified atom stereocenters. The Kier molecular flexibility index (Phi) is 5.55. The van der Waals surface area contributed by atoms with Crippen LogP contribution >= 0.6 is 22.6 Å². The molecule has 21 heavy (non-hydrogen) atoms. The fourth-order valence-electron chi connectivity index (χ4n) is 1.76. The Labute approximate surface area is 136 Å². The lowest BCUT2D eigenvalue weighted by atomic mass is 10.2. The number of carbonyl (C=O) groups is 1. The smallest absolute Gasteiger partial charge is 0.265 e. The first-order chi connectivity index (χ1) is 10.1. The van der Waals surface area contributed by atoms with Crippen molar-refractivity contribution in [2.45, 2.75) is 19.4 Å². The van der Waals surface area contributed by atoms with Gasteiger partial charge in [-0.2, -0.15) is 0 Å². The van der Waals surface area contributed by atoms with Crippen molar-refractivity contribution in [3.05, 3.63) is 57.9 Å². The van der Waals surface area contributed by atoms with Gasteiger partial charge in [-0.25, -0.2) is 4.39 Å². The van der Waals surface area contributed by atoms with Crippen molar-refractivity contribution in [3.8, 4) is 5.75 Å². The van der Waals surface area contributed by atoms with Gasteiger partial charge in [0, 0.05) is 9.26 Å². The second-order valence-electron chi connectivity index (χ2n) is 4.46. The van der Waals surface area contributed by atoms with Gasteiger partial charge in [0.05, 0.1) is 0 Å². The monoisotopic (exact) mass is 399 g/mol. The van der Waals surface area contributed by atoms with Crippen molar-refractivity contribution in [2.75, 3.05) is 5.32 Å². The molecule has 0 radical (unpaired) electrons. The Balaban J connectivity index is 2.01. The lowest BCUT2D eigenvalue weighted by Crippen LogP contribution is -2.32. The van der Waals surface area contributed by atoms with Crippen LogP contribution in [0.15, 0.2) is 48.5 Å². The fourth-order valence-corrected chi connectivity index (χ4v) is 2.12. The van der Waals surface area contributed by atoms with Crippen molar-refractivity contribution < 1.29 is 13.9 Å². The predicted octanol–water partition coefficient (Wildman–Crippen LogP) is 4.23. The summed E-state index contributed by atoms with van der Waals surface area (Å²) in [6.45, 7) is 1.86. The van der Waals surface area contributed by atoms with Gasteiger partial charge in [-0.15, -0.1) is 0 Å². The summed E-state index contributed by atoms with van der Waals surface area (Å²) in [5.41, 5.74) is 0.724. The van der Waals surface area contributed by atoms with Crippen molar-refractivity contribution >= 4 is 34.2 Å². The highest BCUT2D eigenvalue weighted by Crippen LogP contribution is 2.16. The first kappa shape index (κ1) is 15.8. The molecule has 2 aromatic rings. The van der Waals surface area contributed by atoms with Crippen LogP contribution in [-0.2, 0) is 4.79 Å². The first-order valence-electron chi connectivity index (χ1n) is 6.57. The number of benzene rings is 2. The van der Waals surface area contributed by atoms with Crippen LogP contribution in [-0.4, -0.2) is 12.0 Å². The van der Waals surface area contributed by atoms with Crippen molar-refractivity contribution in [2.24, 2.45) is 0 Å². The number of halogens is 2. The summed E-state index contributed by atoms with van der Waals surface area (Å²) in [6, 6.07) is 13.1. The van der Waals surface area contributed by atoms with Crippen molar-refractivity contribution in [3.63, 3.8) is 0 Å². The minimum Gasteiger partial charge on any atom is -0.481 e. The molecule has 0 bridgehead atoms. The Bertz CT molecular complexity index is 599. The van der Waals surface area contributed by atoms with Gasteiger partial charge in [-0.1, -0.05) is 6.92 Å². The average Bonchev–Trinajstić information content (AvgIpc) is 2.49. The molecule has 0 aliphatic carbocycles. The molecule has 0 heterocycles. The van der Waals surface area contributed by atoms with E-state index in [1.165, 1.54) is 24.3 Å². The van der Waals surface area contributed by atoms with Crippen LogP contribution in [0.25, 0.3) is 0 Å². The van der Waals surface area contributed by atoms with Gasteiger partial charge in [-0.3, -0.25) is 4.79 Å². The van der Waals surface area contributed by atoms with E-state index in [1.807, 2.05) is 31.2 Å². The van der Waals surface area contributed by atoms with Crippen LogP contribution in [0.1, 0.15) is 13.3 Å². The molecule has 0 saturated heterocycles. The number of nitrogens with one attached hydrogen (secondary N) is 1. The number of hydrogen-bond acceptors (Lipinski definition) is 2. The maximum atomic E-state index is 12.8. The minimum absolute atomic E-state index is 0.219. The lowest BCUT2D eigenvalue weighted by Gasteiger charge is -2.17. The largest absolute Gasteiger partial charge is 0.481 e. The molecule has 2 rings (SSSR count). The highest BCUT2D eigenvalue weighted by atomic mass is 127. The SMILES string of the molecule is CC[C@H](Oc1ccc(F)cc1)C(=O)Nc1ccc(I)cc1. The fraction of sp³-hybridized carbons (Fsp3) is 0.188. The van der Waals surface area contributed by atoms with Crippen LogP contribution in [0.4, 0.5) is 10.1 Å². The zero-order chi connectivity index (χ0) is 15.2. The van der Waals surface area contributed by atoms with Gasteiger partial charge in [-0.05, 0) is 77.5 Å². The molecule has 2 aromatic carbocycles. The van der Waals surface area contributed by atoms with Gasteiger partial charge in [0.1, 0.15) is 11.6 Å². The van der Waals surface area contributed by atoms with E-state index in [-0.39, 0.29) is 11.7 Å². The third kappa shape index (κ3) is 4.70. The standard InChI is InChI=1S/C16H15FINO2/c1-2-15(21-14-9-3-11(17)4-10-14)16(20)19-13-7-5-12(18)6-8-13/h3-10,15H,2H2,1H3,(H,19,20)/t15-/m0/s1. The zero-order valence-corrected chi connectivity index (χ0v) is 13.6. The summed E-state index contributed by atoms with van der Waals surface area (Å²) in [5.74, 6) is -0.0808. The van der Waals surface area contributed by atoms with Crippen LogP contribution < -0.4 is 10.1 Å². The zero-order valence-electron chi connectivity index (χ0n) is 11.5. The third-order valence-corrected chi connectivity index (χ3v) is 3.59. The number of ether oxygens (including phenoxy) is 1. The Morgan fingerprint density at radius 1 is 1.19 bits per heavy atom. The summed E-state index contributed by atoms with van der Waals surface area (Å²) in [4.78, 5) is 12.2. The molecule has 0 aromatic heterocycles. The van der Waals surface area contributed by atoms with Crippen molar-refractivity contribution in [1.29, 1.82) is 0 Å². The van der Waals surface area contributed by atoms with Crippen LogP contribution in [0.2, 0.25) is 0 Å². The summed E-state index contributed by atoms with van der Waals surface area (Å²) < 4.78 is 19.5. The summed E-state index contributed by atoms with van der Waals surface area (Å²) >= 11 is 2.20. The second kappa shape index (κ2) is 7.40. The molecule has 3 nitrogen and oxygen atoms in total. The Hall–Kier alpha value is -1.63. The van der Waals surface area contributed by atoms with E-state index in [0.717, 1.165) is 9.26 Å². The molecular weight excluding hydrogens is 384 g/mol. The predicted molar refractivity (Wildman–Crippen MR) is 88.9 cm³/mol. The maximum absolute atomic E-state index is 12.8. The first-order valence-corrected chi connectivity index (χ1v) is 7.65. The molecule has 1 N–H and O–H groups in total. The van der Waals surface area contributed by atoms with E-state index in [4.69, 9.17) is 4.74 Å². The highest BCUT2D eigenvalue weighted by molar-refractivity contribution is 14.1. The molecule has 0 aliphatic heterocycles. The third-order valence-electron chi connectivity index (χ3n) is 2.87. The number of rotatable bonds is 5. The molecule has 0 fully saturated rings. The number of anilines is 1. The topological polar surface area (TPSA) is 38.3 Å². The minimum atomic E-state index is -0.616. The summed E-state index contributed by atoms with van der Waals surface area (Å²) in [7, 11) is 0.